The third-order valence-corrected chi connectivity index (χ3v) is 4.05. The highest BCUT2D eigenvalue weighted by atomic mass is 15.3. The van der Waals surface area contributed by atoms with Gasteiger partial charge in [-0.25, -0.2) is 0 Å². The van der Waals surface area contributed by atoms with Gasteiger partial charge >= 0.3 is 0 Å². The second kappa shape index (κ2) is 4.17. The second-order valence-corrected chi connectivity index (χ2v) is 5.73. The number of aryl methyl sites for hydroxylation is 2. The van der Waals surface area contributed by atoms with Gasteiger partial charge in [0.25, 0.3) is 0 Å². The summed E-state index contributed by atoms with van der Waals surface area (Å²) in [6.07, 6.45) is 4.43. The first kappa shape index (κ1) is 11.6. The van der Waals surface area contributed by atoms with Crippen molar-refractivity contribution < 1.29 is 0 Å². The Kier molecular flexibility index (Phi) is 2.43. The number of fused-ring (bicyclic) bond motifs is 1. The van der Waals surface area contributed by atoms with E-state index in [1.54, 1.807) is 0 Å². The fourth-order valence-corrected chi connectivity index (χ4v) is 2.80. The van der Waals surface area contributed by atoms with Crippen LogP contribution >= 0.6 is 0 Å². The summed E-state index contributed by atoms with van der Waals surface area (Å²) in [5, 5.41) is 5.99. The summed E-state index contributed by atoms with van der Waals surface area (Å²) in [6, 6.07) is 10.7. The van der Waals surface area contributed by atoms with E-state index in [9.17, 15) is 0 Å². The molecule has 3 aromatic rings. The van der Waals surface area contributed by atoms with Gasteiger partial charge in [-0.3, -0.25) is 9.67 Å². The molecule has 100 valence electrons. The number of aromatic nitrogens is 3. The lowest BCUT2D eigenvalue weighted by Crippen LogP contribution is -1.90. The summed E-state index contributed by atoms with van der Waals surface area (Å²) < 4.78 is 2.00. The van der Waals surface area contributed by atoms with Crippen LogP contribution in [0.2, 0.25) is 0 Å². The SMILES string of the molecule is Cc1ccnc(-c2ccc3c(c2)c(C2CC2)nn3C)c1. The van der Waals surface area contributed by atoms with Crippen LogP contribution in [0.1, 0.15) is 30.0 Å². The van der Waals surface area contributed by atoms with Gasteiger partial charge in [0.15, 0.2) is 0 Å². The van der Waals surface area contributed by atoms with Crippen molar-refractivity contribution in [1.29, 1.82) is 0 Å². The minimum Gasteiger partial charge on any atom is -0.268 e. The van der Waals surface area contributed by atoms with Crippen LogP contribution in [-0.2, 0) is 7.05 Å². The molecule has 0 spiro atoms. The van der Waals surface area contributed by atoms with Crippen LogP contribution in [0.15, 0.2) is 36.5 Å². The molecule has 2 heterocycles. The molecule has 0 aliphatic heterocycles. The first-order valence-corrected chi connectivity index (χ1v) is 7.12. The maximum atomic E-state index is 4.70. The van der Waals surface area contributed by atoms with Gasteiger partial charge in [-0.2, -0.15) is 5.10 Å². The standard InChI is InChI=1S/C17H17N3/c1-11-7-8-18-15(9-11)13-5-6-16-14(10-13)17(12-3-4-12)19-20(16)2/h5-10,12H,3-4H2,1-2H3. The highest BCUT2D eigenvalue weighted by Gasteiger charge is 2.28. The largest absolute Gasteiger partial charge is 0.268 e. The van der Waals surface area contributed by atoms with Gasteiger partial charge in [-0.15, -0.1) is 0 Å². The van der Waals surface area contributed by atoms with Crippen molar-refractivity contribution in [2.75, 3.05) is 0 Å². The number of pyridine rings is 1. The maximum absolute atomic E-state index is 4.70. The van der Waals surface area contributed by atoms with E-state index in [0.717, 1.165) is 5.69 Å². The van der Waals surface area contributed by atoms with Gasteiger partial charge in [0.05, 0.1) is 16.9 Å². The zero-order chi connectivity index (χ0) is 13.7. The quantitative estimate of drug-likeness (QED) is 0.703. The molecule has 0 unspecified atom stereocenters. The molecule has 1 aromatic carbocycles. The topological polar surface area (TPSA) is 30.7 Å². The van der Waals surface area contributed by atoms with Crippen LogP contribution in [0.4, 0.5) is 0 Å². The lowest BCUT2D eigenvalue weighted by molar-refractivity contribution is 0.767. The van der Waals surface area contributed by atoms with Gasteiger partial charge in [0, 0.05) is 30.1 Å². The minimum atomic E-state index is 0.666. The number of nitrogens with zero attached hydrogens (tertiary/aromatic N) is 3. The summed E-state index contributed by atoms with van der Waals surface area (Å²) in [4.78, 5) is 4.49. The number of hydrogen-bond acceptors (Lipinski definition) is 2. The van der Waals surface area contributed by atoms with Crippen molar-refractivity contribution >= 4 is 10.9 Å². The highest BCUT2D eigenvalue weighted by molar-refractivity contribution is 5.87. The lowest BCUT2D eigenvalue weighted by Gasteiger charge is -2.03. The van der Waals surface area contributed by atoms with E-state index in [1.165, 1.54) is 40.6 Å². The van der Waals surface area contributed by atoms with Crippen molar-refractivity contribution in [3.05, 3.63) is 47.8 Å². The molecule has 1 fully saturated rings. The molecule has 1 saturated carbocycles. The Morgan fingerprint density at radius 2 is 2.00 bits per heavy atom. The van der Waals surface area contributed by atoms with E-state index in [0.29, 0.717) is 5.92 Å². The van der Waals surface area contributed by atoms with E-state index in [2.05, 4.69) is 36.2 Å². The lowest BCUT2D eigenvalue weighted by atomic mass is 10.0. The smallest absolute Gasteiger partial charge is 0.0734 e. The van der Waals surface area contributed by atoms with Gasteiger partial charge in [0.2, 0.25) is 0 Å². The molecule has 0 saturated heterocycles. The zero-order valence-electron chi connectivity index (χ0n) is 11.8. The molecule has 0 bridgehead atoms. The third-order valence-electron chi connectivity index (χ3n) is 4.05. The minimum absolute atomic E-state index is 0.666. The molecule has 0 amide bonds. The van der Waals surface area contributed by atoms with Crippen LogP contribution in [0.5, 0.6) is 0 Å². The Morgan fingerprint density at radius 3 is 2.75 bits per heavy atom. The molecule has 4 rings (SSSR count). The Balaban J connectivity index is 1.91. The van der Waals surface area contributed by atoms with Crippen LogP contribution in [0, 0.1) is 6.92 Å². The van der Waals surface area contributed by atoms with E-state index >= 15 is 0 Å². The summed E-state index contributed by atoms with van der Waals surface area (Å²) in [7, 11) is 2.03. The van der Waals surface area contributed by atoms with E-state index in [1.807, 2.05) is 24.0 Å². The van der Waals surface area contributed by atoms with Gasteiger partial charge in [-0.05, 0) is 49.6 Å². The van der Waals surface area contributed by atoms with Gasteiger partial charge in [0.1, 0.15) is 0 Å². The number of rotatable bonds is 2. The van der Waals surface area contributed by atoms with Crippen molar-refractivity contribution in [1.82, 2.24) is 14.8 Å². The van der Waals surface area contributed by atoms with Gasteiger partial charge in [-0.1, -0.05) is 6.07 Å². The Hall–Kier alpha value is -2.16. The van der Waals surface area contributed by atoms with Crippen molar-refractivity contribution in [2.45, 2.75) is 25.7 Å². The molecule has 0 N–H and O–H groups in total. The summed E-state index contributed by atoms with van der Waals surface area (Å²) in [6.45, 7) is 2.10. The Bertz CT molecular complexity index is 797. The Labute approximate surface area is 118 Å². The van der Waals surface area contributed by atoms with E-state index < -0.39 is 0 Å². The van der Waals surface area contributed by atoms with Crippen LogP contribution in [0.25, 0.3) is 22.2 Å². The van der Waals surface area contributed by atoms with Crippen molar-refractivity contribution in [3.8, 4) is 11.3 Å². The highest BCUT2D eigenvalue weighted by Crippen LogP contribution is 2.42. The van der Waals surface area contributed by atoms with E-state index in [4.69, 9.17) is 5.10 Å². The normalized spacial score (nSPS) is 14.9. The van der Waals surface area contributed by atoms with Crippen LogP contribution in [0.3, 0.4) is 0 Å². The molecule has 2 aromatic heterocycles. The monoisotopic (exact) mass is 263 g/mol. The average Bonchev–Trinajstić information content (AvgIpc) is 3.24. The maximum Gasteiger partial charge on any atom is 0.0734 e. The summed E-state index contributed by atoms with van der Waals surface area (Å²) >= 11 is 0. The molecule has 3 heteroatoms. The number of hydrogen-bond donors (Lipinski definition) is 0. The molecule has 1 aliphatic carbocycles. The fraction of sp³-hybridized carbons (Fsp3) is 0.294. The first-order chi connectivity index (χ1) is 9.72. The predicted molar refractivity (Wildman–Crippen MR) is 80.7 cm³/mol. The average molecular weight is 263 g/mol. The Morgan fingerprint density at radius 1 is 1.15 bits per heavy atom. The molecule has 20 heavy (non-hydrogen) atoms. The predicted octanol–water partition coefficient (Wildman–Crippen LogP) is 3.82. The second-order valence-electron chi connectivity index (χ2n) is 5.73. The molecule has 0 radical (unpaired) electrons. The zero-order valence-corrected chi connectivity index (χ0v) is 11.8. The molecule has 1 aliphatic rings. The summed E-state index contributed by atoms with van der Waals surface area (Å²) in [5.74, 6) is 0.666. The molecule has 0 atom stereocenters. The van der Waals surface area contributed by atoms with Crippen molar-refractivity contribution in [2.24, 2.45) is 7.05 Å². The van der Waals surface area contributed by atoms with Crippen LogP contribution < -0.4 is 0 Å². The van der Waals surface area contributed by atoms with Gasteiger partial charge < -0.3 is 0 Å². The fourth-order valence-electron chi connectivity index (χ4n) is 2.80. The van der Waals surface area contributed by atoms with E-state index in [-0.39, 0.29) is 0 Å². The first-order valence-electron chi connectivity index (χ1n) is 7.12. The molecular weight excluding hydrogens is 246 g/mol. The van der Waals surface area contributed by atoms with Crippen LogP contribution in [-0.4, -0.2) is 14.8 Å². The third kappa shape index (κ3) is 1.82. The van der Waals surface area contributed by atoms with Crippen molar-refractivity contribution in [3.63, 3.8) is 0 Å². The summed E-state index contributed by atoms with van der Waals surface area (Å²) in [5.41, 5.74) is 5.93. The number of benzene rings is 1. The molecule has 3 nitrogen and oxygen atoms in total. The molecular formula is C17H17N3.